The third-order valence-corrected chi connectivity index (χ3v) is 4.63. The molecule has 0 aliphatic carbocycles. The maximum Gasteiger partial charge on any atom is 0.253 e. The monoisotopic (exact) mass is 351 g/mol. The van der Waals surface area contributed by atoms with E-state index in [0.29, 0.717) is 24.9 Å². The van der Waals surface area contributed by atoms with Gasteiger partial charge in [0.2, 0.25) is 5.91 Å². The van der Waals surface area contributed by atoms with Crippen LogP contribution in [0.15, 0.2) is 42.7 Å². The summed E-state index contributed by atoms with van der Waals surface area (Å²) < 4.78 is 0. The number of aromatic nitrogens is 1. The van der Waals surface area contributed by atoms with Crippen molar-refractivity contribution in [3.05, 3.63) is 65.0 Å². The molecule has 1 aliphatic heterocycles. The van der Waals surface area contributed by atoms with Crippen molar-refractivity contribution < 1.29 is 9.59 Å². The highest BCUT2D eigenvalue weighted by Gasteiger charge is 2.19. The lowest BCUT2D eigenvalue weighted by molar-refractivity contribution is -0.121. The summed E-state index contributed by atoms with van der Waals surface area (Å²) in [5.41, 5.74) is 3.81. The van der Waals surface area contributed by atoms with Crippen LogP contribution in [0.1, 0.15) is 46.3 Å². The predicted molar refractivity (Wildman–Crippen MR) is 101 cm³/mol. The zero-order valence-corrected chi connectivity index (χ0v) is 15.2. The Morgan fingerprint density at radius 3 is 2.69 bits per heavy atom. The molecule has 136 valence electrons. The number of nitrogens with zero attached hydrogens (tertiary/aromatic N) is 2. The molecule has 1 aromatic heterocycles. The maximum absolute atomic E-state index is 12.5. The topological polar surface area (TPSA) is 62.3 Å². The third kappa shape index (κ3) is 4.91. The van der Waals surface area contributed by atoms with E-state index in [4.69, 9.17) is 0 Å². The Kier molecular flexibility index (Phi) is 6.00. The van der Waals surface area contributed by atoms with Crippen LogP contribution >= 0.6 is 0 Å². The summed E-state index contributed by atoms with van der Waals surface area (Å²) in [6.45, 7) is 4.11. The molecule has 1 fully saturated rings. The molecule has 1 aromatic carbocycles. The van der Waals surface area contributed by atoms with Gasteiger partial charge in [0.05, 0.1) is 0 Å². The van der Waals surface area contributed by atoms with E-state index in [2.05, 4.69) is 10.3 Å². The highest BCUT2D eigenvalue weighted by molar-refractivity contribution is 5.94. The first-order chi connectivity index (χ1) is 12.6. The van der Waals surface area contributed by atoms with Crippen molar-refractivity contribution in [2.45, 2.75) is 39.2 Å². The quantitative estimate of drug-likeness (QED) is 0.870. The van der Waals surface area contributed by atoms with Gasteiger partial charge in [0.15, 0.2) is 0 Å². The van der Waals surface area contributed by atoms with Crippen molar-refractivity contribution in [3.63, 3.8) is 0 Å². The molecule has 0 saturated carbocycles. The van der Waals surface area contributed by atoms with Gasteiger partial charge in [-0.25, -0.2) is 0 Å². The third-order valence-electron chi connectivity index (χ3n) is 4.63. The molecule has 26 heavy (non-hydrogen) atoms. The van der Waals surface area contributed by atoms with Crippen LogP contribution in [-0.2, 0) is 17.8 Å². The van der Waals surface area contributed by atoms with E-state index in [-0.39, 0.29) is 11.8 Å². The molecule has 2 heterocycles. The van der Waals surface area contributed by atoms with Gasteiger partial charge in [0.1, 0.15) is 0 Å². The standard InChI is InChI=1S/C21H25N3O2/c1-16-11-18(14-22-13-16)7-8-20(25)23-15-17-5-4-6-19(12-17)21(26)24-9-2-3-10-24/h4-6,11-14H,2-3,7-10,15H2,1H3,(H,23,25). The minimum Gasteiger partial charge on any atom is -0.352 e. The number of carbonyl (C=O) groups is 2. The molecular weight excluding hydrogens is 326 g/mol. The normalized spacial score (nSPS) is 13.7. The number of hydrogen-bond acceptors (Lipinski definition) is 3. The van der Waals surface area contributed by atoms with Gasteiger partial charge in [0.25, 0.3) is 5.91 Å². The average Bonchev–Trinajstić information content (AvgIpc) is 3.19. The van der Waals surface area contributed by atoms with Crippen molar-refractivity contribution in [3.8, 4) is 0 Å². The lowest BCUT2D eigenvalue weighted by Gasteiger charge is -2.15. The Bertz CT molecular complexity index is 782. The fourth-order valence-electron chi connectivity index (χ4n) is 3.22. The molecule has 3 rings (SSSR count). The number of benzene rings is 1. The van der Waals surface area contributed by atoms with Crippen molar-refractivity contribution in [1.29, 1.82) is 0 Å². The van der Waals surface area contributed by atoms with Crippen LogP contribution < -0.4 is 5.32 Å². The van der Waals surface area contributed by atoms with E-state index in [1.54, 1.807) is 12.4 Å². The second-order valence-electron chi connectivity index (χ2n) is 6.85. The molecule has 5 heteroatoms. The van der Waals surface area contributed by atoms with E-state index in [0.717, 1.165) is 42.6 Å². The number of hydrogen-bond donors (Lipinski definition) is 1. The van der Waals surface area contributed by atoms with Crippen LogP contribution in [0, 0.1) is 6.92 Å². The van der Waals surface area contributed by atoms with Gasteiger partial charge in [-0.2, -0.15) is 0 Å². The summed E-state index contributed by atoms with van der Waals surface area (Å²) in [7, 11) is 0. The molecular formula is C21H25N3O2. The first-order valence-corrected chi connectivity index (χ1v) is 9.17. The Labute approximate surface area is 154 Å². The van der Waals surface area contributed by atoms with Crippen molar-refractivity contribution >= 4 is 11.8 Å². The molecule has 0 spiro atoms. The fourth-order valence-corrected chi connectivity index (χ4v) is 3.22. The summed E-state index contributed by atoms with van der Waals surface area (Å²) in [6, 6.07) is 9.59. The number of aryl methyl sites for hydroxylation is 2. The Morgan fingerprint density at radius 2 is 1.92 bits per heavy atom. The second-order valence-corrected chi connectivity index (χ2v) is 6.85. The van der Waals surface area contributed by atoms with Crippen LogP contribution in [0.25, 0.3) is 0 Å². The Hall–Kier alpha value is -2.69. The molecule has 0 radical (unpaired) electrons. The lowest BCUT2D eigenvalue weighted by Crippen LogP contribution is -2.28. The van der Waals surface area contributed by atoms with E-state index >= 15 is 0 Å². The molecule has 2 aromatic rings. The van der Waals surface area contributed by atoms with Crippen LogP contribution in [0.5, 0.6) is 0 Å². The van der Waals surface area contributed by atoms with Gasteiger partial charge >= 0.3 is 0 Å². The summed E-state index contributed by atoms with van der Waals surface area (Å²) in [5.74, 6) is 0.0883. The minimum absolute atomic E-state index is 0.00257. The number of pyridine rings is 1. The van der Waals surface area contributed by atoms with Gasteiger partial charge in [-0.3, -0.25) is 14.6 Å². The van der Waals surface area contributed by atoms with Crippen LogP contribution in [-0.4, -0.2) is 34.8 Å². The van der Waals surface area contributed by atoms with E-state index in [1.165, 1.54) is 0 Å². The first kappa shape index (κ1) is 18.1. The van der Waals surface area contributed by atoms with Gasteiger partial charge in [0, 0.05) is 44.0 Å². The van der Waals surface area contributed by atoms with Gasteiger partial charge in [-0.15, -0.1) is 0 Å². The Morgan fingerprint density at radius 1 is 1.12 bits per heavy atom. The molecule has 0 atom stereocenters. The number of likely N-dealkylation sites (tertiary alicyclic amines) is 1. The van der Waals surface area contributed by atoms with E-state index in [1.807, 2.05) is 42.2 Å². The molecule has 0 bridgehead atoms. The van der Waals surface area contributed by atoms with Gasteiger partial charge in [-0.05, 0) is 55.0 Å². The fraction of sp³-hybridized carbons (Fsp3) is 0.381. The van der Waals surface area contributed by atoms with Gasteiger partial charge < -0.3 is 10.2 Å². The molecule has 1 aliphatic rings. The zero-order valence-electron chi connectivity index (χ0n) is 15.2. The summed E-state index contributed by atoms with van der Waals surface area (Å²) in [5, 5.41) is 2.94. The average molecular weight is 351 g/mol. The maximum atomic E-state index is 12.5. The Balaban J connectivity index is 1.50. The molecule has 0 unspecified atom stereocenters. The van der Waals surface area contributed by atoms with Crippen molar-refractivity contribution in [2.24, 2.45) is 0 Å². The minimum atomic E-state index is 0.00257. The zero-order chi connectivity index (χ0) is 18.4. The van der Waals surface area contributed by atoms with Crippen molar-refractivity contribution in [2.75, 3.05) is 13.1 Å². The predicted octanol–water partition coefficient (Wildman–Crippen LogP) is 2.88. The number of nitrogens with one attached hydrogen (secondary N) is 1. The van der Waals surface area contributed by atoms with Crippen LogP contribution in [0.3, 0.4) is 0 Å². The first-order valence-electron chi connectivity index (χ1n) is 9.17. The smallest absolute Gasteiger partial charge is 0.253 e. The SMILES string of the molecule is Cc1cncc(CCC(=O)NCc2cccc(C(=O)N3CCCC3)c2)c1. The second kappa shape index (κ2) is 8.61. The largest absolute Gasteiger partial charge is 0.352 e. The van der Waals surface area contributed by atoms with Crippen LogP contribution in [0.4, 0.5) is 0 Å². The van der Waals surface area contributed by atoms with Crippen LogP contribution in [0.2, 0.25) is 0 Å². The summed E-state index contributed by atoms with van der Waals surface area (Å²) in [6.07, 6.45) is 6.87. The molecule has 1 saturated heterocycles. The van der Waals surface area contributed by atoms with Crippen molar-refractivity contribution in [1.82, 2.24) is 15.2 Å². The highest BCUT2D eigenvalue weighted by atomic mass is 16.2. The highest BCUT2D eigenvalue weighted by Crippen LogP contribution is 2.14. The van der Waals surface area contributed by atoms with Gasteiger partial charge in [-0.1, -0.05) is 18.2 Å². The molecule has 5 nitrogen and oxygen atoms in total. The number of carbonyl (C=O) groups excluding carboxylic acids is 2. The molecule has 2 amide bonds. The van der Waals surface area contributed by atoms with E-state index < -0.39 is 0 Å². The number of amides is 2. The summed E-state index contributed by atoms with van der Waals surface area (Å²) in [4.78, 5) is 30.6. The van der Waals surface area contributed by atoms with E-state index in [9.17, 15) is 9.59 Å². The lowest BCUT2D eigenvalue weighted by atomic mass is 10.1. The number of rotatable bonds is 6. The molecule has 1 N–H and O–H groups in total. The summed E-state index contributed by atoms with van der Waals surface area (Å²) >= 11 is 0.